The van der Waals surface area contributed by atoms with E-state index in [2.05, 4.69) is 13.8 Å². The summed E-state index contributed by atoms with van der Waals surface area (Å²) in [6.07, 6.45) is 6.08. The molecule has 0 radical (unpaired) electrons. The summed E-state index contributed by atoms with van der Waals surface area (Å²) in [4.78, 5) is 11.3. The molecule has 1 rings (SSSR count). The number of hydrogen-bond donors (Lipinski definition) is 2. The van der Waals surface area contributed by atoms with E-state index in [0.717, 1.165) is 25.7 Å². The third-order valence-corrected chi connectivity index (χ3v) is 5.43. The van der Waals surface area contributed by atoms with Crippen LogP contribution in [-0.2, 0) is 4.79 Å². The molecule has 18 heavy (non-hydrogen) atoms. The maximum Gasteiger partial charge on any atom is 0.307 e. The Bertz CT molecular complexity index is 255. The highest BCUT2D eigenvalue weighted by Gasteiger charge is 2.35. The molecule has 0 heterocycles. The Labute approximate surface area is 114 Å². The Morgan fingerprint density at radius 1 is 1.44 bits per heavy atom. The molecule has 0 saturated heterocycles. The van der Waals surface area contributed by atoms with Crippen LogP contribution in [0.1, 0.15) is 52.4 Å². The minimum Gasteiger partial charge on any atom is -0.481 e. The highest BCUT2D eigenvalue weighted by Crippen LogP contribution is 2.40. The molecule has 1 fully saturated rings. The standard InChI is InChI=1S/C14H26O3S/c1-3-4-11-5-6-12(14(16)17)13(9-11)18-10(2)7-8-15/h10-13,15H,3-9H2,1-2H3,(H,16,17). The van der Waals surface area contributed by atoms with Gasteiger partial charge in [0.05, 0.1) is 5.92 Å². The van der Waals surface area contributed by atoms with Crippen molar-refractivity contribution in [3.8, 4) is 0 Å². The van der Waals surface area contributed by atoms with Crippen LogP contribution in [-0.4, -0.2) is 33.3 Å². The summed E-state index contributed by atoms with van der Waals surface area (Å²) in [5.41, 5.74) is 0. The first-order chi connectivity index (χ1) is 8.58. The van der Waals surface area contributed by atoms with Gasteiger partial charge in [0.25, 0.3) is 0 Å². The molecule has 1 saturated carbocycles. The molecule has 0 spiro atoms. The average Bonchev–Trinajstić information content (AvgIpc) is 2.29. The van der Waals surface area contributed by atoms with Gasteiger partial charge in [-0.3, -0.25) is 4.79 Å². The second kappa shape index (κ2) is 8.05. The Balaban J connectivity index is 2.57. The summed E-state index contributed by atoms with van der Waals surface area (Å²) in [6, 6.07) is 0. The second-order valence-corrected chi connectivity index (χ2v) is 7.09. The number of hydrogen-bond acceptors (Lipinski definition) is 3. The summed E-state index contributed by atoms with van der Waals surface area (Å²) in [7, 11) is 0. The molecule has 2 N–H and O–H groups in total. The van der Waals surface area contributed by atoms with Crippen molar-refractivity contribution in [2.24, 2.45) is 11.8 Å². The van der Waals surface area contributed by atoms with E-state index in [-0.39, 0.29) is 17.8 Å². The quantitative estimate of drug-likeness (QED) is 0.748. The lowest BCUT2D eigenvalue weighted by molar-refractivity contribution is -0.142. The zero-order valence-corrected chi connectivity index (χ0v) is 12.3. The fourth-order valence-corrected chi connectivity index (χ4v) is 4.53. The first-order valence-corrected chi connectivity index (χ1v) is 8.01. The molecule has 4 heteroatoms. The molecular weight excluding hydrogens is 248 g/mol. The molecule has 0 amide bonds. The van der Waals surface area contributed by atoms with Gasteiger partial charge in [-0.15, -0.1) is 0 Å². The van der Waals surface area contributed by atoms with E-state index >= 15 is 0 Å². The Hall–Kier alpha value is -0.220. The topological polar surface area (TPSA) is 57.5 Å². The van der Waals surface area contributed by atoms with Gasteiger partial charge in [0.15, 0.2) is 0 Å². The van der Waals surface area contributed by atoms with Gasteiger partial charge in [-0.05, 0) is 31.6 Å². The van der Waals surface area contributed by atoms with Crippen LogP contribution < -0.4 is 0 Å². The third kappa shape index (κ3) is 4.81. The molecule has 0 bridgehead atoms. The monoisotopic (exact) mass is 274 g/mol. The molecule has 4 atom stereocenters. The molecule has 0 aromatic carbocycles. The fourth-order valence-electron chi connectivity index (χ4n) is 2.86. The summed E-state index contributed by atoms with van der Waals surface area (Å²) >= 11 is 1.77. The molecule has 0 aromatic heterocycles. The van der Waals surface area contributed by atoms with Crippen molar-refractivity contribution in [2.75, 3.05) is 6.61 Å². The van der Waals surface area contributed by atoms with Crippen molar-refractivity contribution in [3.63, 3.8) is 0 Å². The van der Waals surface area contributed by atoms with Crippen molar-refractivity contribution >= 4 is 17.7 Å². The molecule has 0 aliphatic heterocycles. The van der Waals surface area contributed by atoms with Gasteiger partial charge in [0.2, 0.25) is 0 Å². The van der Waals surface area contributed by atoms with Crippen LogP contribution in [0.2, 0.25) is 0 Å². The highest BCUT2D eigenvalue weighted by molar-refractivity contribution is 8.00. The average molecular weight is 274 g/mol. The largest absolute Gasteiger partial charge is 0.481 e. The zero-order valence-electron chi connectivity index (χ0n) is 11.5. The zero-order chi connectivity index (χ0) is 13.5. The van der Waals surface area contributed by atoms with E-state index in [9.17, 15) is 9.90 Å². The van der Waals surface area contributed by atoms with E-state index in [1.807, 2.05) is 0 Å². The van der Waals surface area contributed by atoms with Crippen LogP contribution in [0.4, 0.5) is 0 Å². The van der Waals surface area contributed by atoms with Gasteiger partial charge in [0, 0.05) is 17.1 Å². The lowest BCUT2D eigenvalue weighted by atomic mass is 9.80. The molecular formula is C14H26O3S. The van der Waals surface area contributed by atoms with Crippen LogP contribution in [0, 0.1) is 11.8 Å². The van der Waals surface area contributed by atoms with Crippen LogP contribution in [0.15, 0.2) is 0 Å². The van der Waals surface area contributed by atoms with E-state index in [0.29, 0.717) is 11.2 Å². The number of aliphatic hydroxyl groups is 1. The first kappa shape index (κ1) is 15.8. The van der Waals surface area contributed by atoms with Crippen molar-refractivity contribution in [1.29, 1.82) is 0 Å². The lowest BCUT2D eigenvalue weighted by Crippen LogP contribution is -2.34. The molecule has 4 unspecified atom stereocenters. The Kier molecular flexibility index (Phi) is 7.08. The number of aliphatic carboxylic acids is 1. The van der Waals surface area contributed by atoms with Gasteiger partial charge >= 0.3 is 5.97 Å². The summed E-state index contributed by atoms with van der Waals surface area (Å²) in [6.45, 7) is 4.47. The van der Waals surface area contributed by atoms with E-state index < -0.39 is 5.97 Å². The highest BCUT2D eigenvalue weighted by atomic mass is 32.2. The SMILES string of the molecule is CCCC1CCC(C(=O)O)C(SC(C)CCO)C1. The summed E-state index contributed by atoms with van der Waals surface area (Å²) < 4.78 is 0. The van der Waals surface area contributed by atoms with Gasteiger partial charge in [-0.2, -0.15) is 11.8 Å². The summed E-state index contributed by atoms with van der Waals surface area (Å²) in [5.74, 6) is -0.132. The van der Waals surface area contributed by atoms with E-state index in [1.165, 1.54) is 12.8 Å². The van der Waals surface area contributed by atoms with Crippen LogP contribution in [0.3, 0.4) is 0 Å². The molecule has 1 aliphatic rings. The van der Waals surface area contributed by atoms with Gasteiger partial charge in [-0.25, -0.2) is 0 Å². The van der Waals surface area contributed by atoms with Crippen molar-refractivity contribution < 1.29 is 15.0 Å². The van der Waals surface area contributed by atoms with Crippen LogP contribution in [0.5, 0.6) is 0 Å². The van der Waals surface area contributed by atoms with Crippen LogP contribution >= 0.6 is 11.8 Å². The number of carboxylic acids is 1. The predicted octanol–water partition coefficient (Wildman–Crippen LogP) is 3.16. The maximum atomic E-state index is 11.3. The number of aliphatic hydroxyl groups excluding tert-OH is 1. The van der Waals surface area contributed by atoms with Gasteiger partial charge in [-0.1, -0.05) is 26.7 Å². The first-order valence-electron chi connectivity index (χ1n) is 7.07. The molecule has 3 nitrogen and oxygen atoms in total. The van der Waals surface area contributed by atoms with E-state index in [4.69, 9.17) is 5.11 Å². The molecule has 1 aliphatic carbocycles. The number of carboxylic acid groups (broad SMARTS) is 1. The van der Waals surface area contributed by atoms with Crippen molar-refractivity contribution in [2.45, 2.75) is 62.9 Å². The van der Waals surface area contributed by atoms with Crippen LogP contribution in [0.25, 0.3) is 0 Å². The Morgan fingerprint density at radius 3 is 2.72 bits per heavy atom. The van der Waals surface area contributed by atoms with Crippen molar-refractivity contribution in [3.05, 3.63) is 0 Å². The normalized spacial score (nSPS) is 30.1. The minimum absolute atomic E-state index is 0.191. The molecule has 106 valence electrons. The third-order valence-electron chi connectivity index (χ3n) is 3.86. The van der Waals surface area contributed by atoms with Gasteiger partial charge in [0.1, 0.15) is 0 Å². The predicted molar refractivity (Wildman–Crippen MR) is 75.9 cm³/mol. The lowest BCUT2D eigenvalue weighted by Gasteiger charge is -2.35. The second-order valence-electron chi connectivity index (χ2n) is 5.41. The molecule has 0 aromatic rings. The number of carbonyl (C=O) groups is 1. The minimum atomic E-state index is -0.640. The summed E-state index contributed by atoms with van der Waals surface area (Å²) in [5, 5.41) is 18.8. The number of thioether (sulfide) groups is 1. The van der Waals surface area contributed by atoms with E-state index in [1.54, 1.807) is 11.8 Å². The van der Waals surface area contributed by atoms with Crippen molar-refractivity contribution in [1.82, 2.24) is 0 Å². The smallest absolute Gasteiger partial charge is 0.307 e. The Morgan fingerprint density at radius 2 is 2.17 bits per heavy atom. The van der Waals surface area contributed by atoms with Gasteiger partial charge < -0.3 is 10.2 Å². The maximum absolute atomic E-state index is 11.3. The number of rotatable bonds is 7. The fraction of sp³-hybridized carbons (Fsp3) is 0.929.